The highest BCUT2D eigenvalue weighted by molar-refractivity contribution is 5.71. The van der Waals surface area contributed by atoms with E-state index in [-0.39, 0.29) is 36.4 Å². The summed E-state index contributed by atoms with van der Waals surface area (Å²) in [6.07, 6.45) is -0.212. The van der Waals surface area contributed by atoms with Crippen LogP contribution in [0.25, 0.3) is 11.1 Å². The second kappa shape index (κ2) is 11.4. The Hall–Kier alpha value is -3.66. The van der Waals surface area contributed by atoms with E-state index in [2.05, 4.69) is 4.98 Å². The lowest BCUT2D eigenvalue weighted by atomic mass is 9.82. The van der Waals surface area contributed by atoms with E-state index in [1.807, 2.05) is 30.3 Å². The molecule has 43 heavy (non-hydrogen) atoms. The van der Waals surface area contributed by atoms with Gasteiger partial charge in [-0.05, 0) is 77.8 Å². The van der Waals surface area contributed by atoms with Crippen LogP contribution in [0.4, 0.5) is 17.6 Å². The molecule has 0 amide bonds. The molecule has 6 rings (SSSR count). The number of aromatic nitrogens is 1. The van der Waals surface area contributed by atoms with Crippen LogP contribution in [0.5, 0.6) is 11.6 Å². The topological polar surface area (TPSA) is 71.9 Å². The Bertz CT molecular complexity index is 1520. The van der Waals surface area contributed by atoms with Crippen LogP contribution in [0.3, 0.4) is 0 Å². The molecular formula is C33H34F4N2O4. The normalized spacial score (nSPS) is 21.7. The summed E-state index contributed by atoms with van der Waals surface area (Å²) in [5.41, 5.74) is 4.02. The minimum Gasteiger partial charge on any atom is -0.485 e. The molecule has 1 saturated carbocycles. The predicted octanol–water partition coefficient (Wildman–Crippen LogP) is 7.31. The Morgan fingerprint density at radius 3 is 2.56 bits per heavy atom. The van der Waals surface area contributed by atoms with Crippen LogP contribution in [0.1, 0.15) is 66.9 Å². The fourth-order valence-electron chi connectivity index (χ4n) is 6.57. The van der Waals surface area contributed by atoms with Gasteiger partial charge in [0.25, 0.3) is 0 Å². The van der Waals surface area contributed by atoms with Gasteiger partial charge < -0.3 is 14.6 Å². The SMILES string of the molecule is COc1cc(-c2ccc(C3CCc4ccc(C(C5CC5)[C@H](C)C(=O)O)cc4O3)cc2CN2CCC2C(F)(F)F)c(F)cn1. The monoisotopic (exact) mass is 598 g/mol. The molecule has 3 heterocycles. The van der Waals surface area contributed by atoms with Crippen LogP contribution in [0.2, 0.25) is 0 Å². The summed E-state index contributed by atoms with van der Waals surface area (Å²) in [5.74, 6) is -0.785. The molecule has 2 aliphatic heterocycles. The maximum atomic E-state index is 15.0. The highest BCUT2D eigenvalue weighted by atomic mass is 19.4. The summed E-state index contributed by atoms with van der Waals surface area (Å²) in [6, 6.07) is 11.3. The number of carboxylic acids is 1. The van der Waals surface area contributed by atoms with Gasteiger partial charge in [0.05, 0.1) is 19.2 Å². The Morgan fingerprint density at radius 2 is 1.91 bits per heavy atom. The van der Waals surface area contributed by atoms with E-state index >= 15 is 0 Å². The van der Waals surface area contributed by atoms with Crippen molar-refractivity contribution in [3.63, 3.8) is 0 Å². The van der Waals surface area contributed by atoms with Crippen molar-refractivity contribution in [1.82, 2.24) is 9.88 Å². The zero-order valence-corrected chi connectivity index (χ0v) is 24.0. The average molecular weight is 599 g/mol. The quantitative estimate of drug-likeness (QED) is 0.261. The molecule has 1 aromatic heterocycles. The summed E-state index contributed by atoms with van der Waals surface area (Å²) in [5, 5.41) is 9.71. The fourth-order valence-corrected chi connectivity index (χ4v) is 6.57. The number of carboxylic acid groups (broad SMARTS) is 1. The Balaban J connectivity index is 1.32. The Morgan fingerprint density at radius 1 is 1.12 bits per heavy atom. The van der Waals surface area contributed by atoms with Gasteiger partial charge in [-0.25, -0.2) is 9.37 Å². The number of hydrogen-bond donors (Lipinski definition) is 1. The standard InChI is InChI=1S/C33H34F4N2O4/c1-18(32(40)41)31(20-4-5-20)22-6-3-19-8-10-27(43-28(19)14-22)21-7-9-24(25-15-30(42-2)38-16-26(25)34)23(13-21)17-39-12-11-29(39)33(35,36)37/h3,6-7,9,13-16,18,20,27,29,31H,4-5,8,10-12,17H2,1-2H3,(H,40,41)/t18-,27?,29?,31?/m0/s1. The van der Waals surface area contributed by atoms with Gasteiger partial charge in [-0.1, -0.05) is 37.3 Å². The number of likely N-dealkylation sites (tertiary alicyclic amines) is 1. The predicted molar refractivity (Wildman–Crippen MR) is 151 cm³/mol. The highest BCUT2D eigenvalue weighted by Gasteiger charge is 2.48. The van der Waals surface area contributed by atoms with E-state index in [0.717, 1.165) is 42.1 Å². The third kappa shape index (κ3) is 5.94. The second-order valence-electron chi connectivity index (χ2n) is 11.9. The van der Waals surface area contributed by atoms with Crippen molar-refractivity contribution >= 4 is 5.97 Å². The zero-order valence-electron chi connectivity index (χ0n) is 24.0. The molecule has 1 N–H and O–H groups in total. The summed E-state index contributed by atoms with van der Waals surface area (Å²) >= 11 is 0. The molecule has 0 spiro atoms. The number of alkyl halides is 3. The van der Waals surface area contributed by atoms with E-state index in [1.54, 1.807) is 13.0 Å². The van der Waals surface area contributed by atoms with Gasteiger partial charge in [0.1, 0.15) is 23.7 Å². The zero-order chi connectivity index (χ0) is 30.5. The van der Waals surface area contributed by atoms with Gasteiger partial charge in [-0.3, -0.25) is 9.69 Å². The number of methoxy groups -OCH3 is 1. The van der Waals surface area contributed by atoms with Crippen LogP contribution in [-0.4, -0.2) is 46.8 Å². The average Bonchev–Trinajstić information content (AvgIpc) is 3.79. The van der Waals surface area contributed by atoms with E-state index in [1.165, 1.54) is 18.1 Å². The summed E-state index contributed by atoms with van der Waals surface area (Å²) < 4.78 is 67.5. The van der Waals surface area contributed by atoms with E-state index in [4.69, 9.17) is 9.47 Å². The summed E-state index contributed by atoms with van der Waals surface area (Å²) in [7, 11) is 1.42. The molecular weight excluding hydrogens is 564 g/mol. The lowest BCUT2D eigenvalue weighted by Crippen LogP contribution is -2.55. The van der Waals surface area contributed by atoms with Crippen LogP contribution in [-0.2, 0) is 17.8 Å². The van der Waals surface area contributed by atoms with Crippen LogP contribution in [0.15, 0.2) is 48.7 Å². The first-order chi connectivity index (χ1) is 20.5. The number of aliphatic carboxylic acids is 1. The van der Waals surface area contributed by atoms with Crippen LogP contribution < -0.4 is 9.47 Å². The number of benzene rings is 2. The first-order valence-electron chi connectivity index (χ1n) is 14.7. The smallest absolute Gasteiger partial charge is 0.404 e. The number of fused-ring (bicyclic) bond motifs is 1. The van der Waals surface area contributed by atoms with Gasteiger partial charge in [0.15, 0.2) is 0 Å². The number of carbonyl (C=O) groups is 1. The molecule has 3 aromatic rings. The molecule has 2 aromatic carbocycles. The number of nitrogens with zero attached hydrogens (tertiary/aromatic N) is 2. The maximum Gasteiger partial charge on any atom is 0.404 e. The highest BCUT2D eigenvalue weighted by Crippen LogP contribution is 2.48. The number of aryl methyl sites for hydroxylation is 1. The molecule has 228 valence electrons. The van der Waals surface area contributed by atoms with E-state index < -0.39 is 29.9 Å². The van der Waals surface area contributed by atoms with E-state index in [9.17, 15) is 27.5 Å². The molecule has 0 bridgehead atoms. The van der Waals surface area contributed by atoms with Crippen molar-refractivity contribution in [2.24, 2.45) is 11.8 Å². The number of rotatable bonds is 9. The van der Waals surface area contributed by atoms with Gasteiger partial charge in [0, 0.05) is 24.7 Å². The number of ether oxygens (including phenoxy) is 2. The first kappa shape index (κ1) is 29.4. The summed E-state index contributed by atoms with van der Waals surface area (Å²) in [4.78, 5) is 17.1. The third-order valence-corrected chi connectivity index (χ3v) is 9.19. The van der Waals surface area contributed by atoms with Crippen LogP contribution in [0, 0.1) is 17.7 Å². The van der Waals surface area contributed by atoms with Crippen molar-refractivity contribution in [1.29, 1.82) is 0 Å². The van der Waals surface area contributed by atoms with Crippen LogP contribution >= 0.6 is 0 Å². The minimum absolute atomic E-state index is 0.00102. The van der Waals surface area contributed by atoms with Gasteiger partial charge in [-0.2, -0.15) is 13.2 Å². The van der Waals surface area contributed by atoms with Gasteiger partial charge >= 0.3 is 12.1 Å². The van der Waals surface area contributed by atoms with Crippen molar-refractivity contribution < 1.29 is 36.9 Å². The van der Waals surface area contributed by atoms with Gasteiger partial charge in [0.2, 0.25) is 5.88 Å². The first-order valence-corrected chi connectivity index (χ1v) is 14.7. The third-order valence-electron chi connectivity index (χ3n) is 9.19. The molecule has 0 radical (unpaired) electrons. The maximum absolute atomic E-state index is 15.0. The number of hydrogen-bond acceptors (Lipinski definition) is 5. The van der Waals surface area contributed by atoms with E-state index in [0.29, 0.717) is 35.8 Å². The molecule has 10 heteroatoms. The Kier molecular flexibility index (Phi) is 7.83. The van der Waals surface area contributed by atoms with Crippen molar-refractivity contribution in [2.45, 2.75) is 69.8 Å². The van der Waals surface area contributed by atoms with Crippen molar-refractivity contribution in [3.05, 3.63) is 76.7 Å². The largest absolute Gasteiger partial charge is 0.485 e. The van der Waals surface area contributed by atoms with Crippen molar-refractivity contribution in [2.75, 3.05) is 13.7 Å². The molecule has 6 nitrogen and oxygen atoms in total. The number of halogens is 4. The molecule has 2 fully saturated rings. The molecule has 1 aliphatic carbocycles. The van der Waals surface area contributed by atoms with Gasteiger partial charge in [-0.15, -0.1) is 0 Å². The van der Waals surface area contributed by atoms with Crippen molar-refractivity contribution in [3.8, 4) is 22.8 Å². The summed E-state index contributed by atoms with van der Waals surface area (Å²) in [6.45, 7) is 2.05. The molecule has 3 unspecified atom stereocenters. The lowest BCUT2D eigenvalue weighted by Gasteiger charge is -2.42. The molecule has 4 atom stereocenters. The minimum atomic E-state index is -4.34. The lowest BCUT2D eigenvalue weighted by molar-refractivity contribution is -0.212. The molecule has 1 saturated heterocycles. The molecule has 3 aliphatic rings. The number of pyridine rings is 1. The second-order valence-corrected chi connectivity index (χ2v) is 11.9. The fraction of sp³-hybridized carbons (Fsp3) is 0.455. The Labute approximate surface area is 247 Å².